The van der Waals surface area contributed by atoms with Gasteiger partial charge >= 0.3 is 0 Å². The third kappa shape index (κ3) is 3.17. The molecule has 84 valence electrons. The lowest BCUT2D eigenvalue weighted by Crippen LogP contribution is -2.23. The molecule has 0 saturated carbocycles. The highest BCUT2D eigenvalue weighted by molar-refractivity contribution is 9.10. The average molecular weight is 293 g/mol. The average Bonchev–Trinajstić information content (AvgIpc) is 2.10. The number of sulfonamides is 1. The Kier molecular flexibility index (Phi) is 3.72. The molecular weight excluding hydrogens is 280 g/mol. The SMILES string of the molecule is Cc1nc(NS(=O)(=O)C(C)C)ccc1Br. The van der Waals surface area contributed by atoms with E-state index in [1.54, 1.807) is 32.9 Å². The topological polar surface area (TPSA) is 59.1 Å². The first-order chi connectivity index (χ1) is 6.83. The summed E-state index contributed by atoms with van der Waals surface area (Å²) in [6, 6.07) is 3.39. The van der Waals surface area contributed by atoms with Crippen molar-refractivity contribution in [1.82, 2.24) is 4.98 Å². The minimum Gasteiger partial charge on any atom is -0.267 e. The molecule has 4 nitrogen and oxygen atoms in total. The summed E-state index contributed by atoms with van der Waals surface area (Å²) in [7, 11) is -3.31. The van der Waals surface area contributed by atoms with Crippen molar-refractivity contribution in [3.8, 4) is 0 Å². The predicted octanol–water partition coefficient (Wildman–Crippen LogP) is 2.30. The monoisotopic (exact) mass is 292 g/mol. The number of nitrogens with one attached hydrogen (secondary N) is 1. The van der Waals surface area contributed by atoms with Crippen LogP contribution in [-0.4, -0.2) is 18.7 Å². The van der Waals surface area contributed by atoms with Crippen LogP contribution in [0.25, 0.3) is 0 Å². The summed E-state index contributed by atoms with van der Waals surface area (Å²) in [4.78, 5) is 4.10. The van der Waals surface area contributed by atoms with Crippen molar-refractivity contribution in [3.63, 3.8) is 0 Å². The van der Waals surface area contributed by atoms with Gasteiger partial charge in [0.05, 0.1) is 10.9 Å². The second-order valence-corrected chi connectivity index (χ2v) is 6.55. The van der Waals surface area contributed by atoms with Crippen LogP contribution in [-0.2, 0) is 10.0 Å². The summed E-state index contributed by atoms with van der Waals surface area (Å²) >= 11 is 3.30. The second-order valence-electron chi connectivity index (χ2n) is 3.46. The zero-order valence-electron chi connectivity index (χ0n) is 8.78. The second kappa shape index (κ2) is 4.49. The van der Waals surface area contributed by atoms with E-state index in [-0.39, 0.29) is 0 Å². The first-order valence-corrected chi connectivity index (χ1v) is 6.81. The van der Waals surface area contributed by atoms with Crippen LogP contribution < -0.4 is 4.72 Å². The highest BCUT2D eigenvalue weighted by Gasteiger charge is 2.16. The lowest BCUT2D eigenvalue weighted by molar-refractivity contribution is 0.592. The number of hydrogen-bond acceptors (Lipinski definition) is 3. The van der Waals surface area contributed by atoms with Crippen LogP contribution in [0, 0.1) is 6.92 Å². The third-order valence-corrected chi connectivity index (χ3v) is 4.46. The van der Waals surface area contributed by atoms with E-state index >= 15 is 0 Å². The molecule has 0 unspecified atom stereocenters. The van der Waals surface area contributed by atoms with E-state index in [1.165, 1.54) is 0 Å². The van der Waals surface area contributed by atoms with Gasteiger partial charge in [-0.3, -0.25) is 4.72 Å². The van der Waals surface area contributed by atoms with Gasteiger partial charge in [0.2, 0.25) is 10.0 Å². The Morgan fingerprint density at radius 3 is 2.47 bits per heavy atom. The van der Waals surface area contributed by atoms with Crippen molar-refractivity contribution in [2.45, 2.75) is 26.0 Å². The molecule has 0 amide bonds. The quantitative estimate of drug-likeness (QED) is 0.930. The van der Waals surface area contributed by atoms with Gasteiger partial charge in [-0.2, -0.15) is 0 Å². The molecule has 0 aliphatic heterocycles. The molecule has 1 aromatic heterocycles. The zero-order chi connectivity index (χ0) is 11.6. The van der Waals surface area contributed by atoms with E-state index in [2.05, 4.69) is 25.6 Å². The fourth-order valence-corrected chi connectivity index (χ4v) is 1.73. The van der Waals surface area contributed by atoms with Crippen LogP contribution in [0.3, 0.4) is 0 Å². The molecule has 0 saturated heterocycles. The van der Waals surface area contributed by atoms with Gasteiger partial charge in [-0.25, -0.2) is 13.4 Å². The summed E-state index contributed by atoms with van der Waals surface area (Å²) in [6.07, 6.45) is 0. The Bertz CT molecular complexity index is 457. The molecule has 6 heteroatoms. The number of halogens is 1. The number of hydrogen-bond donors (Lipinski definition) is 1. The van der Waals surface area contributed by atoms with Crippen LogP contribution in [0.2, 0.25) is 0 Å². The van der Waals surface area contributed by atoms with Gasteiger partial charge in [-0.15, -0.1) is 0 Å². The highest BCUT2D eigenvalue weighted by atomic mass is 79.9. The Balaban J connectivity index is 2.96. The van der Waals surface area contributed by atoms with E-state index in [0.29, 0.717) is 5.82 Å². The Hall–Kier alpha value is -0.620. The predicted molar refractivity (Wildman–Crippen MR) is 64.4 cm³/mol. The molecule has 0 spiro atoms. The molecule has 1 aromatic rings. The first-order valence-electron chi connectivity index (χ1n) is 4.47. The highest BCUT2D eigenvalue weighted by Crippen LogP contribution is 2.17. The lowest BCUT2D eigenvalue weighted by atomic mass is 10.4. The van der Waals surface area contributed by atoms with E-state index in [0.717, 1.165) is 10.2 Å². The van der Waals surface area contributed by atoms with Crippen LogP contribution in [0.4, 0.5) is 5.82 Å². The van der Waals surface area contributed by atoms with Crippen LogP contribution in [0.5, 0.6) is 0 Å². The minimum absolute atomic E-state index is 0.351. The molecule has 0 aliphatic rings. The molecule has 0 atom stereocenters. The summed E-state index contributed by atoms with van der Waals surface area (Å²) < 4.78 is 26.3. The molecule has 0 radical (unpaired) electrons. The van der Waals surface area contributed by atoms with Gasteiger partial charge in [-0.1, -0.05) is 0 Å². The smallest absolute Gasteiger partial charge is 0.236 e. The summed E-state index contributed by atoms with van der Waals surface area (Å²) in [5, 5.41) is -0.469. The summed E-state index contributed by atoms with van der Waals surface area (Å²) in [6.45, 7) is 5.04. The fourth-order valence-electron chi connectivity index (χ4n) is 0.864. The van der Waals surface area contributed by atoms with Crippen molar-refractivity contribution >= 4 is 31.8 Å². The van der Waals surface area contributed by atoms with Crippen molar-refractivity contribution < 1.29 is 8.42 Å². The molecule has 0 aliphatic carbocycles. The molecule has 0 aromatic carbocycles. The molecule has 1 heterocycles. The van der Waals surface area contributed by atoms with E-state index in [4.69, 9.17) is 0 Å². The number of pyridine rings is 1. The van der Waals surface area contributed by atoms with Crippen molar-refractivity contribution in [2.75, 3.05) is 4.72 Å². The number of rotatable bonds is 3. The number of nitrogens with zero attached hydrogens (tertiary/aromatic N) is 1. The normalized spacial score (nSPS) is 11.8. The van der Waals surface area contributed by atoms with Crippen LogP contribution >= 0.6 is 15.9 Å². The van der Waals surface area contributed by atoms with E-state index in [9.17, 15) is 8.42 Å². The molecule has 1 rings (SSSR count). The minimum atomic E-state index is -3.31. The molecule has 15 heavy (non-hydrogen) atoms. The van der Waals surface area contributed by atoms with Gasteiger partial charge in [-0.05, 0) is 48.8 Å². The Morgan fingerprint density at radius 1 is 1.40 bits per heavy atom. The standard InChI is InChI=1S/C9H13BrN2O2S/c1-6(2)15(13,14)12-9-5-4-8(10)7(3)11-9/h4-6H,1-3H3,(H,11,12). The van der Waals surface area contributed by atoms with Gasteiger partial charge < -0.3 is 0 Å². The summed E-state index contributed by atoms with van der Waals surface area (Å²) in [5.74, 6) is 0.351. The van der Waals surface area contributed by atoms with Gasteiger partial charge in [0.1, 0.15) is 5.82 Å². The Morgan fingerprint density at radius 2 is 2.00 bits per heavy atom. The fraction of sp³-hybridized carbons (Fsp3) is 0.444. The van der Waals surface area contributed by atoms with Gasteiger partial charge in [0, 0.05) is 4.47 Å². The van der Waals surface area contributed by atoms with Crippen molar-refractivity contribution in [1.29, 1.82) is 0 Å². The largest absolute Gasteiger partial charge is 0.267 e. The molecule has 0 fully saturated rings. The lowest BCUT2D eigenvalue weighted by Gasteiger charge is -2.10. The third-order valence-electron chi connectivity index (χ3n) is 1.89. The maximum absolute atomic E-state index is 11.5. The number of anilines is 1. The number of aromatic nitrogens is 1. The maximum Gasteiger partial charge on any atom is 0.236 e. The number of aryl methyl sites for hydroxylation is 1. The van der Waals surface area contributed by atoms with Gasteiger partial charge in [0.25, 0.3) is 0 Å². The molecular formula is C9H13BrN2O2S. The van der Waals surface area contributed by atoms with Crippen molar-refractivity contribution in [2.24, 2.45) is 0 Å². The van der Waals surface area contributed by atoms with Crippen molar-refractivity contribution in [3.05, 3.63) is 22.3 Å². The van der Waals surface area contributed by atoms with Crippen LogP contribution in [0.1, 0.15) is 19.5 Å². The first kappa shape index (κ1) is 12.4. The van der Waals surface area contributed by atoms with E-state index in [1.807, 2.05) is 0 Å². The van der Waals surface area contributed by atoms with Gasteiger partial charge in [0.15, 0.2) is 0 Å². The zero-order valence-corrected chi connectivity index (χ0v) is 11.2. The molecule has 0 bridgehead atoms. The van der Waals surface area contributed by atoms with E-state index < -0.39 is 15.3 Å². The molecule has 1 N–H and O–H groups in total. The maximum atomic E-state index is 11.5. The van der Waals surface area contributed by atoms with Crippen LogP contribution in [0.15, 0.2) is 16.6 Å². The summed E-state index contributed by atoms with van der Waals surface area (Å²) in [5.41, 5.74) is 0.749. The Labute approximate surface area is 98.3 Å².